The molecule has 264 valence electrons. The Kier molecular flexibility index (Phi) is 7.59. The van der Waals surface area contributed by atoms with Gasteiger partial charge in [0.25, 0.3) is 0 Å². The van der Waals surface area contributed by atoms with Gasteiger partial charge in [-0.05, 0) is 72.5 Å². The third-order valence-corrected chi connectivity index (χ3v) is 11.1. The zero-order valence-corrected chi connectivity index (χ0v) is 30.7. The van der Waals surface area contributed by atoms with Crippen LogP contribution in [0.2, 0.25) is 0 Å². The van der Waals surface area contributed by atoms with Gasteiger partial charge in [-0.25, -0.2) is 9.97 Å². The number of allylic oxidation sites excluding steroid dienone is 4. The van der Waals surface area contributed by atoms with Crippen molar-refractivity contribution in [3.8, 4) is 45.3 Å². The lowest BCUT2D eigenvalue weighted by Crippen LogP contribution is -2.01. The van der Waals surface area contributed by atoms with Crippen LogP contribution in [-0.4, -0.2) is 19.1 Å². The molecule has 0 N–H and O–H groups in total. The van der Waals surface area contributed by atoms with E-state index in [2.05, 4.69) is 197 Å². The Morgan fingerprint density at radius 2 is 0.839 bits per heavy atom. The van der Waals surface area contributed by atoms with E-state index in [1.165, 1.54) is 32.7 Å². The molecular weight excluding hydrogens is 681 g/mol. The van der Waals surface area contributed by atoms with Gasteiger partial charge in [0.05, 0.1) is 33.5 Å². The third-order valence-electron chi connectivity index (χ3n) is 11.1. The summed E-state index contributed by atoms with van der Waals surface area (Å²) in [5, 5.41) is 4.91. The molecule has 0 saturated carbocycles. The molecule has 0 fully saturated rings. The van der Waals surface area contributed by atoms with Crippen LogP contribution in [0.3, 0.4) is 0 Å². The van der Waals surface area contributed by atoms with E-state index in [-0.39, 0.29) is 0 Å². The molecule has 10 aromatic rings. The van der Waals surface area contributed by atoms with Crippen molar-refractivity contribution in [3.05, 3.63) is 200 Å². The van der Waals surface area contributed by atoms with Gasteiger partial charge in [0.1, 0.15) is 0 Å². The van der Waals surface area contributed by atoms with Crippen LogP contribution in [0.1, 0.15) is 18.4 Å². The van der Waals surface area contributed by atoms with E-state index in [0.29, 0.717) is 5.82 Å². The van der Waals surface area contributed by atoms with Gasteiger partial charge in [-0.1, -0.05) is 146 Å². The number of para-hydroxylation sites is 4. The summed E-state index contributed by atoms with van der Waals surface area (Å²) in [7, 11) is 0. The molecule has 0 spiro atoms. The van der Waals surface area contributed by atoms with E-state index < -0.39 is 0 Å². The van der Waals surface area contributed by atoms with Crippen LogP contribution in [0, 0.1) is 0 Å². The van der Waals surface area contributed by atoms with E-state index in [1.54, 1.807) is 0 Å². The predicted molar refractivity (Wildman–Crippen MR) is 233 cm³/mol. The highest BCUT2D eigenvalue weighted by molar-refractivity contribution is 6.10. The molecule has 1 aliphatic rings. The number of aromatic nitrogens is 4. The molecule has 4 heteroatoms. The first-order chi connectivity index (χ1) is 27.8. The Balaban J connectivity index is 1.18. The summed E-state index contributed by atoms with van der Waals surface area (Å²) in [5.74, 6) is 0.695. The average molecular weight is 717 g/mol. The molecule has 0 saturated heterocycles. The van der Waals surface area contributed by atoms with E-state index in [1.807, 2.05) is 6.07 Å². The molecule has 0 unspecified atom stereocenters. The summed E-state index contributed by atoms with van der Waals surface area (Å²) >= 11 is 0. The Labute approximate surface area is 325 Å². The molecule has 0 atom stereocenters. The number of benzene rings is 7. The highest BCUT2D eigenvalue weighted by atomic mass is 15.0. The first-order valence-corrected chi connectivity index (χ1v) is 19.3. The van der Waals surface area contributed by atoms with Crippen LogP contribution in [0.25, 0.3) is 94.5 Å². The summed E-state index contributed by atoms with van der Waals surface area (Å²) < 4.78 is 4.80. The molecule has 7 aromatic carbocycles. The van der Waals surface area contributed by atoms with E-state index in [0.717, 1.165) is 74.4 Å². The van der Waals surface area contributed by atoms with Gasteiger partial charge in [-0.2, -0.15) is 0 Å². The predicted octanol–water partition coefficient (Wildman–Crippen LogP) is 13.4. The molecule has 0 radical (unpaired) electrons. The Hall–Kier alpha value is -7.30. The lowest BCUT2D eigenvalue weighted by atomic mass is 9.97. The summed E-state index contributed by atoms with van der Waals surface area (Å²) in [6, 6.07) is 63.0. The summed E-state index contributed by atoms with van der Waals surface area (Å²) in [5.41, 5.74) is 14.1. The smallest absolute Gasteiger partial charge is 0.160 e. The Morgan fingerprint density at radius 3 is 1.34 bits per heavy atom. The highest BCUT2D eigenvalue weighted by Crippen LogP contribution is 2.38. The van der Waals surface area contributed by atoms with Crippen LogP contribution in [0.4, 0.5) is 0 Å². The average Bonchev–Trinajstić information content (AvgIpc) is 3.80. The number of fused-ring (bicyclic) bond motifs is 6. The molecule has 56 heavy (non-hydrogen) atoms. The Bertz CT molecular complexity index is 2940. The topological polar surface area (TPSA) is 35.6 Å². The molecule has 3 aromatic heterocycles. The third kappa shape index (κ3) is 5.38. The van der Waals surface area contributed by atoms with Crippen LogP contribution >= 0.6 is 0 Å². The van der Waals surface area contributed by atoms with Crippen molar-refractivity contribution in [3.63, 3.8) is 0 Å². The van der Waals surface area contributed by atoms with Crippen molar-refractivity contribution in [1.29, 1.82) is 0 Å². The van der Waals surface area contributed by atoms with Gasteiger partial charge in [-0.15, -0.1) is 0 Å². The maximum atomic E-state index is 5.34. The van der Waals surface area contributed by atoms with Gasteiger partial charge in [-0.3, -0.25) is 0 Å². The van der Waals surface area contributed by atoms with E-state index in [4.69, 9.17) is 9.97 Å². The van der Waals surface area contributed by atoms with E-state index in [9.17, 15) is 0 Å². The number of hydrogen-bond donors (Lipinski definition) is 0. The summed E-state index contributed by atoms with van der Waals surface area (Å²) in [4.78, 5) is 10.5. The fourth-order valence-electron chi connectivity index (χ4n) is 8.52. The zero-order valence-electron chi connectivity index (χ0n) is 30.7. The quantitative estimate of drug-likeness (QED) is 0.172. The SMILES string of the molecule is C1=CC(c2ccc(-c3cc(-c4cc(-n5c6ccccc6c6ccccc65)cc(-n5c6ccccc6c6ccccc65)c4)nc(-c4ccccc4)n3)cc2)=CCC1. The lowest BCUT2D eigenvalue weighted by molar-refractivity contribution is 1.04. The van der Waals surface area contributed by atoms with E-state index >= 15 is 0 Å². The number of nitrogens with zero attached hydrogens (tertiary/aromatic N) is 4. The normalized spacial score (nSPS) is 12.9. The standard InChI is InChI=1S/C52H36N4/c1-3-15-35(16-4-1)36-27-29-37(30-28-36)46-34-47(54-52(53-46)38-17-5-2-6-18-38)39-31-40(55-48-23-11-7-19-42(48)43-20-8-12-24-49(43)55)33-41(32-39)56-50-25-13-9-21-44(50)45-22-10-14-26-51(45)56/h2-3,5-34H,1,4H2. The van der Waals surface area contributed by atoms with Crippen molar-refractivity contribution >= 4 is 49.2 Å². The molecule has 3 heterocycles. The molecule has 0 bridgehead atoms. The van der Waals surface area contributed by atoms with Gasteiger partial charge in [0, 0.05) is 49.6 Å². The fraction of sp³-hybridized carbons (Fsp3) is 0.0385. The maximum Gasteiger partial charge on any atom is 0.160 e. The van der Waals surface area contributed by atoms with Crippen molar-refractivity contribution < 1.29 is 0 Å². The van der Waals surface area contributed by atoms with Crippen molar-refractivity contribution in [2.24, 2.45) is 0 Å². The number of hydrogen-bond acceptors (Lipinski definition) is 2. The van der Waals surface area contributed by atoms with Gasteiger partial charge in [0.2, 0.25) is 0 Å². The molecular formula is C52H36N4. The molecule has 11 rings (SSSR count). The first kappa shape index (κ1) is 32.2. The minimum absolute atomic E-state index is 0.695. The second kappa shape index (κ2) is 13.2. The lowest BCUT2D eigenvalue weighted by Gasteiger charge is -2.16. The molecule has 0 amide bonds. The minimum Gasteiger partial charge on any atom is -0.309 e. The van der Waals surface area contributed by atoms with Gasteiger partial charge in [0.15, 0.2) is 5.82 Å². The maximum absolute atomic E-state index is 5.34. The van der Waals surface area contributed by atoms with Crippen LogP contribution in [0.15, 0.2) is 194 Å². The second-order valence-electron chi connectivity index (χ2n) is 14.5. The summed E-state index contributed by atoms with van der Waals surface area (Å²) in [6.07, 6.45) is 8.99. The minimum atomic E-state index is 0.695. The molecule has 4 nitrogen and oxygen atoms in total. The summed E-state index contributed by atoms with van der Waals surface area (Å²) in [6.45, 7) is 0. The molecule has 1 aliphatic carbocycles. The monoisotopic (exact) mass is 716 g/mol. The molecule has 0 aliphatic heterocycles. The van der Waals surface area contributed by atoms with Crippen LogP contribution in [0.5, 0.6) is 0 Å². The fourth-order valence-corrected chi connectivity index (χ4v) is 8.52. The van der Waals surface area contributed by atoms with Crippen LogP contribution in [-0.2, 0) is 0 Å². The first-order valence-electron chi connectivity index (χ1n) is 19.3. The van der Waals surface area contributed by atoms with Crippen molar-refractivity contribution in [2.45, 2.75) is 12.8 Å². The zero-order chi connectivity index (χ0) is 37.0. The van der Waals surface area contributed by atoms with Crippen LogP contribution < -0.4 is 0 Å². The van der Waals surface area contributed by atoms with Crippen molar-refractivity contribution in [1.82, 2.24) is 19.1 Å². The number of rotatable bonds is 6. The Morgan fingerprint density at radius 1 is 0.375 bits per heavy atom. The van der Waals surface area contributed by atoms with Crippen molar-refractivity contribution in [2.75, 3.05) is 0 Å². The largest absolute Gasteiger partial charge is 0.309 e. The van der Waals surface area contributed by atoms with Gasteiger partial charge < -0.3 is 9.13 Å². The highest BCUT2D eigenvalue weighted by Gasteiger charge is 2.19. The van der Waals surface area contributed by atoms with Gasteiger partial charge >= 0.3 is 0 Å². The second-order valence-corrected chi connectivity index (χ2v) is 14.5.